The average molecular weight is 502 g/mol. The Morgan fingerprint density at radius 2 is 1.57 bits per heavy atom. The molecule has 37 heavy (non-hydrogen) atoms. The molecule has 1 saturated heterocycles. The highest BCUT2D eigenvalue weighted by Crippen LogP contribution is 2.25. The summed E-state index contributed by atoms with van der Waals surface area (Å²) in [5.74, 6) is 0.444. The van der Waals surface area contributed by atoms with Crippen molar-refractivity contribution < 1.29 is 19.1 Å². The van der Waals surface area contributed by atoms with Gasteiger partial charge in [-0.05, 0) is 28.8 Å². The predicted octanol–water partition coefficient (Wildman–Crippen LogP) is 3.46. The normalized spacial score (nSPS) is 14.5. The second kappa shape index (κ2) is 13.6. The number of ether oxygens (including phenoxy) is 2. The van der Waals surface area contributed by atoms with Gasteiger partial charge in [-0.1, -0.05) is 72.8 Å². The topological polar surface area (TPSA) is 71.1 Å². The van der Waals surface area contributed by atoms with Crippen LogP contribution in [0.4, 0.5) is 0 Å². The number of carbonyl (C=O) groups excluding carboxylic acids is 2. The van der Waals surface area contributed by atoms with Gasteiger partial charge < -0.3 is 19.7 Å². The zero-order valence-electron chi connectivity index (χ0n) is 21.3. The molecule has 0 aromatic heterocycles. The van der Waals surface area contributed by atoms with Crippen molar-refractivity contribution in [1.82, 2.24) is 15.1 Å². The molecule has 1 N–H and O–H groups in total. The van der Waals surface area contributed by atoms with Crippen molar-refractivity contribution >= 4 is 11.8 Å². The molecular weight excluding hydrogens is 466 g/mol. The molecule has 3 aromatic rings. The second-order valence-corrected chi connectivity index (χ2v) is 9.09. The summed E-state index contributed by atoms with van der Waals surface area (Å²) >= 11 is 0. The molecule has 1 atom stereocenters. The fourth-order valence-electron chi connectivity index (χ4n) is 4.49. The fourth-order valence-corrected chi connectivity index (χ4v) is 4.49. The molecule has 3 aromatic carbocycles. The van der Waals surface area contributed by atoms with Gasteiger partial charge in [-0.2, -0.15) is 0 Å². The largest absolute Gasteiger partial charge is 0.497 e. The van der Waals surface area contributed by atoms with Crippen LogP contribution in [0.1, 0.15) is 22.7 Å². The third-order valence-corrected chi connectivity index (χ3v) is 6.54. The van der Waals surface area contributed by atoms with Gasteiger partial charge in [0.05, 0.1) is 26.7 Å². The maximum Gasteiger partial charge on any atom is 0.247 e. The van der Waals surface area contributed by atoms with Gasteiger partial charge in [-0.3, -0.25) is 14.5 Å². The number of methoxy groups -OCH3 is 1. The van der Waals surface area contributed by atoms with Crippen LogP contribution in [0, 0.1) is 0 Å². The van der Waals surface area contributed by atoms with Gasteiger partial charge in [0.2, 0.25) is 11.8 Å². The van der Waals surface area contributed by atoms with Crippen LogP contribution in [0.2, 0.25) is 0 Å². The first kappa shape index (κ1) is 26.4. The first-order valence-electron chi connectivity index (χ1n) is 12.7. The van der Waals surface area contributed by atoms with Gasteiger partial charge in [0.1, 0.15) is 11.8 Å². The van der Waals surface area contributed by atoms with E-state index in [2.05, 4.69) is 10.2 Å². The number of amides is 2. The number of hydrogen-bond donors (Lipinski definition) is 1. The summed E-state index contributed by atoms with van der Waals surface area (Å²) in [5.41, 5.74) is 2.61. The van der Waals surface area contributed by atoms with Gasteiger partial charge >= 0.3 is 0 Å². The molecule has 7 nitrogen and oxygen atoms in total. The van der Waals surface area contributed by atoms with Gasteiger partial charge in [0, 0.05) is 32.7 Å². The Balaban J connectivity index is 1.58. The van der Waals surface area contributed by atoms with Crippen LogP contribution in [0.25, 0.3) is 0 Å². The lowest BCUT2D eigenvalue weighted by Gasteiger charge is -2.32. The molecule has 0 radical (unpaired) electrons. The van der Waals surface area contributed by atoms with E-state index in [0.29, 0.717) is 26.3 Å². The summed E-state index contributed by atoms with van der Waals surface area (Å²) in [6.07, 6.45) is 0.210. The highest BCUT2D eigenvalue weighted by Gasteiger charge is 2.31. The molecule has 1 heterocycles. The molecule has 0 spiro atoms. The van der Waals surface area contributed by atoms with E-state index in [0.717, 1.165) is 42.1 Å². The van der Waals surface area contributed by atoms with Crippen LogP contribution in [-0.4, -0.2) is 68.1 Å². The smallest absolute Gasteiger partial charge is 0.247 e. The summed E-state index contributed by atoms with van der Waals surface area (Å²) in [6.45, 7) is 4.69. The SMILES string of the molecule is COc1ccc(CN(C(=O)Cc2ccccc2)[C@H](C(=O)NCCN2CCOCC2)c2ccccc2)cc1. The summed E-state index contributed by atoms with van der Waals surface area (Å²) in [6, 6.07) is 26.0. The molecule has 2 amide bonds. The number of hydrogen-bond acceptors (Lipinski definition) is 5. The van der Waals surface area contributed by atoms with Crippen LogP contribution < -0.4 is 10.1 Å². The van der Waals surface area contributed by atoms with Crippen molar-refractivity contribution in [3.05, 3.63) is 102 Å². The van der Waals surface area contributed by atoms with E-state index in [9.17, 15) is 9.59 Å². The first-order chi connectivity index (χ1) is 18.1. The Morgan fingerprint density at radius 3 is 2.22 bits per heavy atom. The molecule has 0 aliphatic carbocycles. The Kier molecular flexibility index (Phi) is 9.68. The van der Waals surface area contributed by atoms with Gasteiger partial charge in [-0.25, -0.2) is 0 Å². The summed E-state index contributed by atoms with van der Waals surface area (Å²) < 4.78 is 10.7. The number of rotatable bonds is 11. The minimum absolute atomic E-state index is 0.112. The lowest BCUT2D eigenvalue weighted by molar-refractivity contribution is -0.141. The highest BCUT2D eigenvalue weighted by atomic mass is 16.5. The molecule has 0 saturated carbocycles. The van der Waals surface area contributed by atoms with Gasteiger partial charge in [0.25, 0.3) is 0 Å². The quantitative estimate of drug-likeness (QED) is 0.436. The van der Waals surface area contributed by atoms with Crippen LogP contribution >= 0.6 is 0 Å². The van der Waals surface area contributed by atoms with E-state index < -0.39 is 6.04 Å². The van der Waals surface area contributed by atoms with Gasteiger partial charge in [0.15, 0.2) is 0 Å². The van der Waals surface area contributed by atoms with E-state index in [1.54, 1.807) is 12.0 Å². The second-order valence-electron chi connectivity index (χ2n) is 9.09. The Hall–Kier alpha value is -3.68. The highest BCUT2D eigenvalue weighted by molar-refractivity contribution is 5.89. The zero-order valence-corrected chi connectivity index (χ0v) is 21.3. The first-order valence-corrected chi connectivity index (χ1v) is 12.7. The maximum absolute atomic E-state index is 13.8. The standard InChI is InChI=1S/C30H35N3O4/c1-36-27-14-12-25(13-15-27)23-33(28(34)22-24-8-4-2-5-9-24)29(26-10-6-3-7-11-26)30(35)31-16-17-32-18-20-37-21-19-32/h2-15,29H,16-23H2,1H3,(H,31,35)/t29-/m0/s1. The van der Waals surface area contributed by atoms with Crippen LogP contribution in [0.3, 0.4) is 0 Å². The number of benzene rings is 3. The molecule has 1 fully saturated rings. The van der Waals surface area contributed by atoms with Crippen molar-refractivity contribution in [2.75, 3.05) is 46.5 Å². The number of carbonyl (C=O) groups is 2. The lowest BCUT2D eigenvalue weighted by Crippen LogP contribution is -2.46. The average Bonchev–Trinajstić information content (AvgIpc) is 2.95. The summed E-state index contributed by atoms with van der Waals surface area (Å²) in [5, 5.41) is 3.10. The van der Waals surface area contributed by atoms with E-state index >= 15 is 0 Å². The summed E-state index contributed by atoms with van der Waals surface area (Å²) in [7, 11) is 1.62. The molecule has 7 heteroatoms. The predicted molar refractivity (Wildman–Crippen MR) is 143 cm³/mol. The van der Waals surface area contributed by atoms with E-state index in [1.165, 1.54) is 0 Å². The van der Waals surface area contributed by atoms with Crippen molar-refractivity contribution in [1.29, 1.82) is 0 Å². The third-order valence-electron chi connectivity index (χ3n) is 6.54. The molecule has 1 aliphatic heterocycles. The third kappa shape index (κ3) is 7.65. The van der Waals surface area contributed by atoms with E-state index in [4.69, 9.17) is 9.47 Å². The minimum Gasteiger partial charge on any atom is -0.497 e. The monoisotopic (exact) mass is 501 g/mol. The van der Waals surface area contributed by atoms with Crippen LogP contribution in [0.5, 0.6) is 5.75 Å². The number of morpholine rings is 1. The van der Waals surface area contributed by atoms with Gasteiger partial charge in [-0.15, -0.1) is 0 Å². The van der Waals surface area contributed by atoms with E-state index in [-0.39, 0.29) is 18.2 Å². The molecule has 194 valence electrons. The Labute approximate surface area is 219 Å². The van der Waals surface area contributed by atoms with Crippen LogP contribution in [-0.2, 0) is 27.3 Å². The molecule has 0 bridgehead atoms. The number of nitrogens with zero attached hydrogens (tertiary/aromatic N) is 2. The Bertz CT molecular complexity index is 1120. The fraction of sp³-hybridized carbons (Fsp3) is 0.333. The van der Waals surface area contributed by atoms with E-state index in [1.807, 2.05) is 84.9 Å². The van der Waals surface area contributed by atoms with Crippen LogP contribution in [0.15, 0.2) is 84.9 Å². The Morgan fingerprint density at radius 1 is 0.919 bits per heavy atom. The molecular formula is C30H35N3O4. The lowest BCUT2D eigenvalue weighted by atomic mass is 10.0. The zero-order chi connectivity index (χ0) is 25.9. The van der Waals surface area contributed by atoms with Crippen molar-refractivity contribution in [2.45, 2.75) is 19.0 Å². The van der Waals surface area contributed by atoms with Crippen molar-refractivity contribution in [3.8, 4) is 5.75 Å². The minimum atomic E-state index is -0.760. The van der Waals surface area contributed by atoms with Crippen molar-refractivity contribution in [3.63, 3.8) is 0 Å². The molecule has 4 rings (SSSR count). The van der Waals surface area contributed by atoms with Crippen molar-refractivity contribution in [2.24, 2.45) is 0 Å². The summed E-state index contributed by atoms with van der Waals surface area (Å²) in [4.78, 5) is 31.4. The number of nitrogens with one attached hydrogen (secondary N) is 1. The maximum atomic E-state index is 13.8. The molecule has 1 aliphatic rings. The molecule has 0 unspecified atom stereocenters.